The lowest BCUT2D eigenvalue weighted by atomic mass is 9.83. The molecule has 0 spiro atoms. The average molecular weight is 546 g/mol. The molecule has 3 atom stereocenters. The molecule has 6 rings (SSSR count). The summed E-state index contributed by atoms with van der Waals surface area (Å²) < 4.78 is 0. The Hall–Kier alpha value is -3.46. The molecule has 4 fully saturated rings. The molecule has 2 aliphatic heterocycles. The monoisotopic (exact) mass is 545 g/mol. The fourth-order valence-corrected chi connectivity index (χ4v) is 6.83. The molecular formula is C31H39N5O4. The Kier molecular flexibility index (Phi) is 7.02. The summed E-state index contributed by atoms with van der Waals surface area (Å²) in [5.74, 6) is 0.598. The lowest BCUT2D eigenvalue weighted by Crippen LogP contribution is -2.50. The Morgan fingerprint density at radius 3 is 2.23 bits per heavy atom. The average Bonchev–Trinajstić information content (AvgIpc) is 3.74. The summed E-state index contributed by atoms with van der Waals surface area (Å²) in [6, 6.07) is 9.61. The van der Waals surface area contributed by atoms with Crippen LogP contribution in [0.2, 0.25) is 0 Å². The second-order valence-corrected chi connectivity index (χ2v) is 12.5. The zero-order valence-electron chi connectivity index (χ0n) is 23.1. The molecule has 212 valence electrons. The number of anilines is 2. The lowest BCUT2D eigenvalue weighted by Gasteiger charge is -2.40. The van der Waals surface area contributed by atoms with E-state index in [0.717, 1.165) is 57.2 Å². The number of hydrogen-bond donors (Lipinski definition) is 4. The van der Waals surface area contributed by atoms with E-state index in [9.17, 15) is 19.5 Å². The van der Waals surface area contributed by atoms with Crippen LogP contribution in [-0.4, -0.2) is 57.5 Å². The number of nitrogens with one attached hydrogen (secondary N) is 2. The molecule has 9 nitrogen and oxygen atoms in total. The highest BCUT2D eigenvalue weighted by molar-refractivity contribution is 6.02. The van der Waals surface area contributed by atoms with Crippen molar-refractivity contribution < 1.29 is 19.5 Å². The number of nitrogens with zero attached hydrogens (tertiary/aromatic N) is 2. The maximum atomic E-state index is 13.3. The molecule has 2 aliphatic carbocycles. The van der Waals surface area contributed by atoms with Crippen molar-refractivity contribution in [1.29, 1.82) is 0 Å². The highest BCUT2D eigenvalue weighted by Crippen LogP contribution is 2.39. The zero-order valence-corrected chi connectivity index (χ0v) is 23.1. The molecule has 4 aliphatic rings. The van der Waals surface area contributed by atoms with Crippen LogP contribution in [0.5, 0.6) is 0 Å². The van der Waals surface area contributed by atoms with Gasteiger partial charge in [-0.15, -0.1) is 0 Å². The molecule has 2 saturated carbocycles. The van der Waals surface area contributed by atoms with Gasteiger partial charge in [0.2, 0.25) is 0 Å². The van der Waals surface area contributed by atoms with Crippen molar-refractivity contribution in [3.63, 3.8) is 0 Å². The van der Waals surface area contributed by atoms with Crippen LogP contribution in [0.1, 0.15) is 102 Å². The predicted octanol–water partition coefficient (Wildman–Crippen LogP) is 3.81. The maximum Gasteiger partial charge on any atom is 0.251 e. The Morgan fingerprint density at radius 1 is 0.950 bits per heavy atom. The number of hydrogen-bond acceptors (Lipinski definition) is 7. The van der Waals surface area contributed by atoms with Gasteiger partial charge in [0.1, 0.15) is 5.82 Å². The molecule has 9 heteroatoms. The number of ketones is 1. The molecule has 2 aromatic rings. The van der Waals surface area contributed by atoms with Crippen LogP contribution in [0, 0.1) is 5.92 Å². The van der Waals surface area contributed by atoms with Crippen LogP contribution in [0.3, 0.4) is 0 Å². The molecule has 0 radical (unpaired) electrons. The first-order valence-electron chi connectivity index (χ1n) is 14.7. The number of carbonyl (C=O) groups is 3. The normalized spacial score (nSPS) is 29.6. The lowest BCUT2D eigenvalue weighted by molar-refractivity contribution is 0.0196. The Morgan fingerprint density at radius 2 is 1.62 bits per heavy atom. The van der Waals surface area contributed by atoms with Crippen molar-refractivity contribution >= 4 is 29.1 Å². The fourth-order valence-electron chi connectivity index (χ4n) is 6.83. The first kappa shape index (κ1) is 26.7. The number of rotatable bonds is 8. The van der Waals surface area contributed by atoms with Crippen molar-refractivity contribution in [3.05, 3.63) is 53.2 Å². The summed E-state index contributed by atoms with van der Waals surface area (Å²) in [6.45, 7) is 1.85. The molecule has 2 bridgehead atoms. The topological polar surface area (TPSA) is 138 Å². The highest BCUT2D eigenvalue weighted by atomic mass is 16.3. The predicted molar refractivity (Wildman–Crippen MR) is 153 cm³/mol. The number of piperidine rings is 1. The van der Waals surface area contributed by atoms with Crippen LogP contribution in [0.15, 0.2) is 36.5 Å². The Bertz CT molecular complexity index is 1280. The molecule has 2 amide bonds. The third kappa shape index (κ3) is 5.57. The van der Waals surface area contributed by atoms with Crippen LogP contribution in [0.25, 0.3) is 0 Å². The summed E-state index contributed by atoms with van der Waals surface area (Å²) in [5, 5.41) is 16.9. The van der Waals surface area contributed by atoms with Gasteiger partial charge in [-0.1, -0.05) is 0 Å². The Labute approximate surface area is 234 Å². The molecule has 2 saturated heterocycles. The SMILES string of the molecule is C[C@]1(O)CC[C@@H](Nc2cc(C(=O)N[C@H]3C[C@H]4CC[C@@H](C3)N4c3ccc(C(=O)C4CC4)cn3)ccc2C(N)=O)CC1. The van der Waals surface area contributed by atoms with Crippen molar-refractivity contribution in [2.45, 2.75) is 101 Å². The number of amides is 2. The van der Waals surface area contributed by atoms with E-state index in [-0.39, 0.29) is 29.7 Å². The van der Waals surface area contributed by atoms with Gasteiger partial charge in [-0.05, 0) is 101 Å². The van der Waals surface area contributed by atoms with E-state index in [1.165, 1.54) is 0 Å². The molecule has 1 aromatic heterocycles. The molecule has 5 N–H and O–H groups in total. The van der Waals surface area contributed by atoms with Crippen LogP contribution < -0.4 is 21.3 Å². The van der Waals surface area contributed by atoms with Gasteiger partial charge in [0.25, 0.3) is 11.8 Å². The first-order chi connectivity index (χ1) is 19.2. The van der Waals surface area contributed by atoms with E-state index in [0.29, 0.717) is 47.3 Å². The largest absolute Gasteiger partial charge is 0.390 e. The molecule has 1 aromatic carbocycles. The second-order valence-electron chi connectivity index (χ2n) is 12.5. The number of carbonyl (C=O) groups excluding carboxylic acids is 3. The molecule has 0 unspecified atom stereocenters. The van der Waals surface area contributed by atoms with Crippen molar-refractivity contribution in [2.75, 3.05) is 10.2 Å². The minimum absolute atomic E-state index is 0.0461. The van der Waals surface area contributed by atoms with Crippen LogP contribution in [0.4, 0.5) is 11.5 Å². The van der Waals surface area contributed by atoms with Gasteiger partial charge in [-0.3, -0.25) is 14.4 Å². The smallest absolute Gasteiger partial charge is 0.251 e. The Balaban J connectivity index is 1.10. The number of aromatic nitrogens is 1. The van der Waals surface area contributed by atoms with Gasteiger partial charge in [-0.25, -0.2) is 4.98 Å². The third-order valence-corrected chi connectivity index (χ3v) is 9.28. The summed E-state index contributed by atoms with van der Waals surface area (Å²) in [5.41, 5.74) is 7.09. The highest BCUT2D eigenvalue weighted by Gasteiger charge is 2.42. The molecule has 3 heterocycles. The van der Waals surface area contributed by atoms with E-state index in [1.807, 2.05) is 19.1 Å². The van der Waals surface area contributed by atoms with Crippen molar-refractivity contribution in [3.8, 4) is 0 Å². The van der Waals surface area contributed by atoms with Gasteiger partial charge in [0.05, 0.1) is 11.2 Å². The van der Waals surface area contributed by atoms with E-state index in [2.05, 4.69) is 20.5 Å². The van der Waals surface area contributed by atoms with Gasteiger partial charge in [0, 0.05) is 53.1 Å². The van der Waals surface area contributed by atoms with Crippen LogP contribution in [-0.2, 0) is 0 Å². The quantitative estimate of drug-likeness (QED) is 0.370. The van der Waals surface area contributed by atoms with Gasteiger partial charge >= 0.3 is 0 Å². The first-order valence-corrected chi connectivity index (χ1v) is 14.7. The van der Waals surface area contributed by atoms with Gasteiger partial charge in [0.15, 0.2) is 5.78 Å². The standard InChI is InChI=1S/C31H39N5O4/c1-31(40)12-10-21(11-13-31)34-26-14-19(4-8-25(26)29(32)38)30(39)35-22-15-23-6-7-24(16-22)36(23)27-9-5-20(17-33-27)28(37)18-2-3-18/h4-5,8-9,14,17-18,21-24,34,40H,2-3,6-7,10-13,15-16H2,1H3,(H2,32,38)(H,35,39)/t21-,22-,23+,24-,31+. The number of nitrogens with two attached hydrogens (primary N) is 1. The third-order valence-electron chi connectivity index (χ3n) is 9.28. The number of pyridine rings is 1. The summed E-state index contributed by atoms with van der Waals surface area (Å²) >= 11 is 0. The summed E-state index contributed by atoms with van der Waals surface area (Å²) in [6.07, 6.45) is 10.4. The van der Waals surface area contributed by atoms with E-state index < -0.39 is 11.5 Å². The van der Waals surface area contributed by atoms with E-state index >= 15 is 0 Å². The van der Waals surface area contributed by atoms with Gasteiger partial charge < -0.3 is 26.4 Å². The summed E-state index contributed by atoms with van der Waals surface area (Å²) in [7, 11) is 0. The maximum absolute atomic E-state index is 13.3. The van der Waals surface area contributed by atoms with E-state index in [1.54, 1.807) is 24.4 Å². The number of primary amides is 1. The van der Waals surface area contributed by atoms with Crippen molar-refractivity contribution in [1.82, 2.24) is 10.3 Å². The van der Waals surface area contributed by atoms with E-state index in [4.69, 9.17) is 5.73 Å². The van der Waals surface area contributed by atoms with Crippen LogP contribution >= 0.6 is 0 Å². The van der Waals surface area contributed by atoms with Gasteiger partial charge in [-0.2, -0.15) is 0 Å². The molecular weight excluding hydrogens is 506 g/mol. The molecule has 40 heavy (non-hydrogen) atoms. The number of fused-ring (bicyclic) bond motifs is 2. The zero-order chi connectivity index (χ0) is 28.0. The number of aliphatic hydroxyl groups is 1. The minimum Gasteiger partial charge on any atom is -0.390 e. The fraction of sp³-hybridized carbons (Fsp3) is 0.548. The minimum atomic E-state index is -0.657. The second kappa shape index (κ2) is 10.5. The number of benzene rings is 1. The van der Waals surface area contributed by atoms with Crippen molar-refractivity contribution in [2.24, 2.45) is 11.7 Å². The number of Topliss-reactive ketones (excluding diaryl/α,β-unsaturated/α-hetero) is 1. The summed E-state index contributed by atoms with van der Waals surface area (Å²) in [4.78, 5) is 44.8.